The highest BCUT2D eigenvalue weighted by molar-refractivity contribution is 7.92. The normalized spacial score (nSPS) is 12.9. The molecule has 3 aromatic carbocycles. The zero-order valence-corrected chi connectivity index (χ0v) is 26.5. The van der Waals surface area contributed by atoms with Gasteiger partial charge in [-0.2, -0.15) is 0 Å². The molecule has 0 fully saturated rings. The van der Waals surface area contributed by atoms with E-state index in [0.29, 0.717) is 44.7 Å². The van der Waals surface area contributed by atoms with E-state index in [0.717, 1.165) is 4.31 Å². The molecule has 220 valence electrons. The van der Waals surface area contributed by atoms with Crippen molar-refractivity contribution in [3.63, 3.8) is 0 Å². The van der Waals surface area contributed by atoms with Crippen molar-refractivity contribution < 1.29 is 18.0 Å². The first-order valence-corrected chi connectivity index (χ1v) is 15.8. The summed E-state index contributed by atoms with van der Waals surface area (Å²) in [5.41, 5.74) is 1.66. The van der Waals surface area contributed by atoms with Crippen LogP contribution in [0.5, 0.6) is 0 Å². The second-order valence-corrected chi connectivity index (χ2v) is 12.9. The van der Waals surface area contributed by atoms with Crippen LogP contribution in [0.1, 0.15) is 44.7 Å². The van der Waals surface area contributed by atoms with E-state index in [1.54, 1.807) is 56.3 Å². The van der Waals surface area contributed by atoms with Gasteiger partial charge in [0.15, 0.2) is 0 Å². The number of nitrogens with zero attached hydrogens (tertiary/aromatic N) is 2. The molecule has 11 heteroatoms. The molecule has 0 aromatic heterocycles. The van der Waals surface area contributed by atoms with Gasteiger partial charge in [-0.05, 0) is 80.3 Å². The zero-order chi connectivity index (χ0) is 30.3. The van der Waals surface area contributed by atoms with Gasteiger partial charge in [0.25, 0.3) is 10.0 Å². The van der Waals surface area contributed by atoms with Crippen molar-refractivity contribution in [1.29, 1.82) is 0 Å². The van der Waals surface area contributed by atoms with Crippen molar-refractivity contribution in [2.45, 2.75) is 64.1 Å². The number of aryl methyl sites for hydroxylation is 1. The number of hydrogen-bond donors (Lipinski definition) is 1. The van der Waals surface area contributed by atoms with E-state index in [9.17, 15) is 18.0 Å². The number of nitrogens with one attached hydrogen (secondary N) is 1. The molecule has 7 nitrogen and oxygen atoms in total. The number of hydrogen-bond acceptors (Lipinski definition) is 4. The van der Waals surface area contributed by atoms with Gasteiger partial charge in [-0.3, -0.25) is 13.9 Å². The fraction of sp³-hybridized carbons (Fsp3) is 0.333. The van der Waals surface area contributed by atoms with Crippen LogP contribution in [0.2, 0.25) is 15.1 Å². The minimum Gasteiger partial charge on any atom is -0.352 e. The summed E-state index contributed by atoms with van der Waals surface area (Å²) in [6.45, 7) is 6.89. The fourth-order valence-corrected chi connectivity index (χ4v) is 6.21. The Balaban J connectivity index is 2.09. The molecule has 0 saturated carbocycles. The number of sulfonamides is 1. The lowest BCUT2D eigenvalue weighted by Gasteiger charge is -2.34. The molecule has 3 aromatic rings. The lowest BCUT2D eigenvalue weighted by atomic mass is 10.1. The standard InChI is InChI=1S/C30H34Cl3N3O4S/c1-5-21(4)34-30(38)27(6-2)35(18-22-11-16-25(32)26(33)17-22)29(37)19-36(28-10-8-7-9-20(28)3)41(39,40)24-14-12-23(31)13-15-24/h7-17,21,27H,5-6,18-19H2,1-4H3,(H,34,38). The number of amides is 2. The Morgan fingerprint density at radius 2 is 1.56 bits per heavy atom. The van der Waals surface area contributed by atoms with Crippen LogP contribution in [0.25, 0.3) is 0 Å². The van der Waals surface area contributed by atoms with Crippen LogP contribution < -0.4 is 9.62 Å². The summed E-state index contributed by atoms with van der Waals surface area (Å²) in [5, 5.41) is 4.00. The SMILES string of the molecule is CCC(C)NC(=O)C(CC)N(Cc1ccc(Cl)c(Cl)c1)C(=O)CN(c1ccccc1C)S(=O)(=O)c1ccc(Cl)cc1. The molecule has 0 bridgehead atoms. The average Bonchev–Trinajstić information content (AvgIpc) is 2.94. The molecule has 2 atom stereocenters. The highest BCUT2D eigenvalue weighted by Gasteiger charge is 2.34. The fourth-order valence-electron chi connectivity index (χ4n) is 4.29. The summed E-state index contributed by atoms with van der Waals surface area (Å²) in [7, 11) is -4.19. The Morgan fingerprint density at radius 3 is 2.15 bits per heavy atom. The van der Waals surface area contributed by atoms with Gasteiger partial charge in [0.1, 0.15) is 12.6 Å². The van der Waals surface area contributed by atoms with Crippen molar-refractivity contribution in [2.24, 2.45) is 0 Å². The van der Waals surface area contributed by atoms with Crippen molar-refractivity contribution in [3.05, 3.63) is 92.9 Å². The Hall–Kier alpha value is -2.78. The third-order valence-corrected chi connectivity index (χ3v) is 9.55. The van der Waals surface area contributed by atoms with Crippen molar-refractivity contribution in [2.75, 3.05) is 10.8 Å². The molecule has 0 aliphatic rings. The third-order valence-electron chi connectivity index (χ3n) is 6.79. The van der Waals surface area contributed by atoms with E-state index >= 15 is 0 Å². The van der Waals surface area contributed by atoms with Gasteiger partial charge >= 0.3 is 0 Å². The molecular weight excluding hydrogens is 605 g/mol. The van der Waals surface area contributed by atoms with Crippen LogP contribution in [0, 0.1) is 6.92 Å². The van der Waals surface area contributed by atoms with E-state index in [1.165, 1.54) is 29.2 Å². The highest BCUT2D eigenvalue weighted by atomic mass is 35.5. The van der Waals surface area contributed by atoms with Crippen LogP contribution in [0.3, 0.4) is 0 Å². The Bertz CT molecular complexity index is 1480. The highest BCUT2D eigenvalue weighted by Crippen LogP contribution is 2.29. The summed E-state index contributed by atoms with van der Waals surface area (Å²) in [6, 6.07) is 16.7. The number of para-hydroxylation sites is 1. The van der Waals surface area contributed by atoms with Crippen LogP contribution in [0.15, 0.2) is 71.6 Å². The first kappa shape index (κ1) is 32.7. The molecule has 0 aliphatic heterocycles. The van der Waals surface area contributed by atoms with Gasteiger partial charge < -0.3 is 10.2 Å². The largest absolute Gasteiger partial charge is 0.352 e. The van der Waals surface area contributed by atoms with Gasteiger partial charge in [0.2, 0.25) is 11.8 Å². The summed E-state index contributed by atoms with van der Waals surface area (Å²) in [6.07, 6.45) is 1.02. The smallest absolute Gasteiger partial charge is 0.264 e. The van der Waals surface area contributed by atoms with Gasteiger partial charge in [0.05, 0.1) is 20.6 Å². The van der Waals surface area contributed by atoms with E-state index in [1.807, 2.05) is 13.8 Å². The number of rotatable bonds is 12. The predicted octanol–water partition coefficient (Wildman–Crippen LogP) is 6.87. The molecule has 2 unspecified atom stereocenters. The summed E-state index contributed by atoms with van der Waals surface area (Å²) >= 11 is 18.4. The molecule has 1 N–H and O–H groups in total. The first-order chi connectivity index (χ1) is 19.4. The predicted molar refractivity (Wildman–Crippen MR) is 166 cm³/mol. The topological polar surface area (TPSA) is 86.8 Å². The van der Waals surface area contributed by atoms with Crippen molar-refractivity contribution in [3.8, 4) is 0 Å². The zero-order valence-electron chi connectivity index (χ0n) is 23.4. The lowest BCUT2D eigenvalue weighted by Crippen LogP contribution is -2.53. The van der Waals surface area contributed by atoms with Crippen LogP contribution in [0.4, 0.5) is 5.69 Å². The Morgan fingerprint density at radius 1 is 0.902 bits per heavy atom. The van der Waals surface area contributed by atoms with Crippen molar-refractivity contribution >= 4 is 62.3 Å². The number of halogens is 3. The number of benzene rings is 3. The Kier molecular flexibility index (Phi) is 11.5. The molecule has 0 spiro atoms. The third kappa shape index (κ3) is 8.16. The molecule has 0 radical (unpaired) electrons. The van der Waals surface area contributed by atoms with Gasteiger partial charge in [-0.15, -0.1) is 0 Å². The summed E-state index contributed by atoms with van der Waals surface area (Å²) < 4.78 is 29.0. The number of carbonyl (C=O) groups excluding carboxylic acids is 2. The molecule has 0 aliphatic carbocycles. The molecule has 3 rings (SSSR count). The lowest BCUT2D eigenvalue weighted by molar-refractivity contribution is -0.140. The second kappa shape index (κ2) is 14.4. The van der Waals surface area contributed by atoms with Crippen molar-refractivity contribution in [1.82, 2.24) is 10.2 Å². The van der Waals surface area contributed by atoms with E-state index in [-0.39, 0.29) is 23.4 Å². The van der Waals surface area contributed by atoms with Gasteiger partial charge in [-0.1, -0.05) is 72.9 Å². The number of anilines is 1. The quantitative estimate of drug-likeness (QED) is 0.235. The summed E-state index contributed by atoms with van der Waals surface area (Å²) in [4.78, 5) is 28.9. The van der Waals surface area contributed by atoms with Crippen LogP contribution >= 0.6 is 34.8 Å². The maximum absolute atomic E-state index is 14.1. The minimum absolute atomic E-state index is 0.0180. The monoisotopic (exact) mass is 637 g/mol. The van der Waals surface area contributed by atoms with E-state index < -0.39 is 28.5 Å². The molecule has 0 heterocycles. The summed E-state index contributed by atoms with van der Waals surface area (Å²) in [5.74, 6) is -0.874. The maximum atomic E-state index is 14.1. The van der Waals surface area contributed by atoms with Crippen LogP contribution in [-0.4, -0.2) is 43.8 Å². The maximum Gasteiger partial charge on any atom is 0.264 e. The molecule has 0 saturated heterocycles. The second-order valence-electron chi connectivity index (χ2n) is 9.76. The average molecular weight is 639 g/mol. The van der Waals surface area contributed by atoms with E-state index in [2.05, 4.69) is 5.32 Å². The van der Waals surface area contributed by atoms with Gasteiger partial charge in [0, 0.05) is 17.6 Å². The minimum atomic E-state index is -4.19. The Labute approximate surface area is 257 Å². The molecular formula is C30H34Cl3N3O4S. The number of carbonyl (C=O) groups is 2. The molecule has 2 amide bonds. The van der Waals surface area contributed by atoms with Gasteiger partial charge in [-0.25, -0.2) is 8.42 Å². The molecule has 41 heavy (non-hydrogen) atoms. The van der Waals surface area contributed by atoms with E-state index in [4.69, 9.17) is 34.8 Å². The van der Waals surface area contributed by atoms with Crippen LogP contribution in [-0.2, 0) is 26.2 Å². The first-order valence-electron chi connectivity index (χ1n) is 13.3.